The summed E-state index contributed by atoms with van der Waals surface area (Å²) in [4.78, 5) is 15.1. The molecule has 0 aliphatic rings. The van der Waals surface area contributed by atoms with Crippen molar-refractivity contribution in [3.8, 4) is 5.75 Å². The van der Waals surface area contributed by atoms with Crippen LogP contribution in [0.15, 0.2) is 16.0 Å². The lowest BCUT2D eigenvalue weighted by Crippen LogP contribution is -1.96. The first-order valence-corrected chi connectivity index (χ1v) is 6.21. The molecule has 7 heteroatoms. The zero-order valence-electron chi connectivity index (χ0n) is 9.91. The standard InChI is InChI=1S/C11H12N2O4S/c1-6(2)10-12-9(17-13-10)4-16-7-3-8(11(14)15)18-5-7/h3,5-6H,4H2,1-2H3,(H,14,15). The highest BCUT2D eigenvalue weighted by atomic mass is 32.1. The quantitative estimate of drug-likeness (QED) is 0.896. The summed E-state index contributed by atoms with van der Waals surface area (Å²) in [5.41, 5.74) is 0. The van der Waals surface area contributed by atoms with E-state index in [-0.39, 0.29) is 17.4 Å². The van der Waals surface area contributed by atoms with Crippen LogP contribution in [0, 0.1) is 0 Å². The first-order chi connectivity index (χ1) is 8.56. The molecule has 0 amide bonds. The molecule has 0 aliphatic heterocycles. The van der Waals surface area contributed by atoms with Crippen LogP contribution in [0.5, 0.6) is 5.75 Å². The Balaban J connectivity index is 1.95. The van der Waals surface area contributed by atoms with Crippen LogP contribution in [0.25, 0.3) is 0 Å². The molecule has 2 aromatic heterocycles. The van der Waals surface area contributed by atoms with Gasteiger partial charge >= 0.3 is 5.97 Å². The average Bonchev–Trinajstić information content (AvgIpc) is 2.95. The summed E-state index contributed by atoms with van der Waals surface area (Å²) in [5.74, 6) is 0.727. The van der Waals surface area contributed by atoms with Gasteiger partial charge in [-0.15, -0.1) is 11.3 Å². The van der Waals surface area contributed by atoms with Gasteiger partial charge in [0.1, 0.15) is 10.6 Å². The van der Waals surface area contributed by atoms with Crippen molar-refractivity contribution in [2.45, 2.75) is 26.4 Å². The van der Waals surface area contributed by atoms with Crippen LogP contribution < -0.4 is 4.74 Å². The Bertz CT molecular complexity index is 547. The van der Waals surface area contributed by atoms with Crippen LogP contribution in [0.2, 0.25) is 0 Å². The van der Waals surface area contributed by atoms with Gasteiger partial charge in [-0.05, 0) is 0 Å². The summed E-state index contributed by atoms with van der Waals surface area (Å²) in [7, 11) is 0. The van der Waals surface area contributed by atoms with Gasteiger partial charge in [-0.25, -0.2) is 4.79 Å². The maximum absolute atomic E-state index is 10.7. The summed E-state index contributed by atoms with van der Waals surface area (Å²) < 4.78 is 10.4. The number of carboxylic acids is 1. The lowest BCUT2D eigenvalue weighted by Gasteiger charge is -1.98. The molecular weight excluding hydrogens is 256 g/mol. The number of carbonyl (C=O) groups is 1. The predicted molar refractivity (Wildman–Crippen MR) is 64.0 cm³/mol. The molecule has 2 heterocycles. The summed E-state index contributed by atoms with van der Waals surface area (Å²) >= 11 is 1.11. The van der Waals surface area contributed by atoms with E-state index in [1.165, 1.54) is 6.07 Å². The topological polar surface area (TPSA) is 85.5 Å². The maximum atomic E-state index is 10.7. The second kappa shape index (κ2) is 5.18. The molecule has 2 rings (SSSR count). The van der Waals surface area contributed by atoms with E-state index in [1.54, 1.807) is 5.38 Å². The third-order valence-corrected chi connectivity index (χ3v) is 3.05. The molecule has 6 nitrogen and oxygen atoms in total. The monoisotopic (exact) mass is 268 g/mol. The highest BCUT2D eigenvalue weighted by Crippen LogP contribution is 2.22. The van der Waals surface area contributed by atoms with Crippen molar-refractivity contribution in [3.63, 3.8) is 0 Å². The number of ether oxygens (including phenoxy) is 1. The van der Waals surface area contributed by atoms with E-state index >= 15 is 0 Å². The number of hydrogen-bond donors (Lipinski definition) is 1. The molecule has 0 aliphatic carbocycles. The van der Waals surface area contributed by atoms with Crippen molar-refractivity contribution in [1.82, 2.24) is 10.1 Å². The Morgan fingerprint density at radius 3 is 2.94 bits per heavy atom. The van der Waals surface area contributed by atoms with E-state index in [1.807, 2.05) is 13.8 Å². The molecule has 18 heavy (non-hydrogen) atoms. The Labute approximate surface area is 107 Å². The third-order valence-electron chi connectivity index (χ3n) is 2.15. The largest absolute Gasteiger partial charge is 0.483 e. The van der Waals surface area contributed by atoms with Gasteiger partial charge in [0, 0.05) is 17.4 Å². The molecule has 0 saturated heterocycles. The van der Waals surface area contributed by atoms with E-state index in [9.17, 15) is 4.79 Å². The lowest BCUT2D eigenvalue weighted by molar-refractivity contribution is 0.0702. The SMILES string of the molecule is CC(C)c1noc(COc2csc(C(=O)O)c2)n1. The summed E-state index contributed by atoms with van der Waals surface area (Å²) in [6.07, 6.45) is 0. The molecule has 0 atom stereocenters. The molecule has 96 valence electrons. The van der Waals surface area contributed by atoms with E-state index < -0.39 is 5.97 Å². The van der Waals surface area contributed by atoms with E-state index in [0.717, 1.165) is 11.3 Å². The Morgan fingerprint density at radius 1 is 1.61 bits per heavy atom. The van der Waals surface area contributed by atoms with Gasteiger partial charge in [-0.1, -0.05) is 19.0 Å². The first kappa shape index (κ1) is 12.6. The van der Waals surface area contributed by atoms with Gasteiger partial charge in [-0.3, -0.25) is 0 Å². The van der Waals surface area contributed by atoms with Gasteiger partial charge in [0.05, 0.1) is 0 Å². The van der Waals surface area contributed by atoms with Crippen molar-refractivity contribution in [2.75, 3.05) is 0 Å². The average molecular weight is 268 g/mol. The van der Waals surface area contributed by atoms with Crippen LogP contribution in [0.3, 0.4) is 0 Å². The normalized spacial score (nSPS) is 10.8. The first-order valence-electron chi connectivity index (χ1n) is 5.33. The molecular formula is C11H12N2O4S. The fraction of sp³-hybridized carbons (Fsp3) is 0.364. The number of hydrogen-bond acceptors (Lipinski definition) is 6. The van der Waals surface area contributed by atoms with Gasteiger partial charge in [0.25, 0.3) is 5.89 Å². The molecule has 0 unspecified atom stereocenters. The number of rotatable bonds is 5. The van der Waals surface area contributed by atoms with E-state index in [0.29, 0.717) is 17.5 Å². The number of aromatic carboxylic acids is 1. The summed E-state index contributed by atoms with van der Waals surface area (Å²) in [6, 6.07) is 1.47. The van der Waals surface area contributed by atoms with Crippen molar-refractivity contribution >= 4 is 17.3 Å². The third kappa shape index (κ3) is 2.86. The van der Waals surface area contributed by atoms with Crippen molar-refractivity contribution in [2.24, 2.45) is 0 Å². The zero-order chi connectivity index (χ0) is 13.1. The fourth-order valence-electron chi connectivity index (χ4n) is 1.21. The molecule has 0 saturated carbocycles. The molecule has 0 bridgehead atoms. The van der Waals surface area contributed by atoms with Gasteiger partial charge < -0.3 is 14.4 Å². The Hall–Kier alpha value is -1.89. The minimum atomic E-state index is -0.963. The summed E-state index contributed by atoms with van der Waals surface area (Å²) in [6.45, 7) is 4.07. The highest BCUT2D eigenvalue weighted by molar-refractivity contribution is 7.12. The van der Waals surface area contributed by atoms with Crippen LogP contribution in [-0.4, -0.2) is 21.2 Å². The predicted octanol–water partition coefficient (Wildman–Crippen LogP) is 2.53. The van der Waals surface area contributed by atoms with Crippen LogP contribution in [-0.2, 0) is 6.61 Å². The van der Waals surface area contributed by atoms with E-state index in [2.05, 4.69) is 10.1 Å². The smallest absolute Gasteiger partial charge is 0.346 e. The highest BCUT2D eigenvalue weighted by Gasteiger charge is 2.11. The number of thiophene rings is 1. The molecule has 2 aromatic rings. The molecule has 1 N–H and O–H groups in total. The maximum Gasteiger partial charge on any atom is 0.346 e. The molecule has 0 fully saturated rings. The van der Waals surface area contributed by atoms with Gasteiger partial charge in [0.15, 0.2) is 12.4 Å². The van der Waals surface area contributed by atoms with Crippen molar-refractivity contribution in [1.29, 1.82) is 0 Å². The lowest BCUT2D eigenvalue weighted by atomic mass is 10.2. The van der Waals surface area contributed by atoms with Crippen LogP contribution in [0.1, 0.15) is 41.2 Å². The minimum Gasteiger partial charge on any atom is -0.483 e. The van der Waals surface area contributed by atoms with Crippen LogP contribution in [0.4, 0.5) is 0 Å². The van der Waals surface area contributed by atoms with Gasteiger partial charge in [0.2, 0.25) is 0 Å². The summed E-state index contributed by atoms with van der Waals surface area (Å²) in [5, 5.41) is 14.2. The number of carboxylic acid groups (broad SMARTS) is 1. The number of nitrogens with zero attached hydrogens (tertiary/aromatic N) is 2. The molecule has 0 spiro atoms. The van der Waals surface area contributed by atoms with Crippen LogP contribution >= 0.6 is 11.3 Å². The Morgan fingerprint density at radius 2 is 2.39 bits per heavy atom. The van der Waals surface area contributed by atoms with Crippen molar-refractivity contribution < 1.29 is 19.2 Å². The zero-order valence-corrected chi connectivity index (χ0v) is 10.7. The van der Waals surface area contributed by atoms with E-state index in [4.69, 9.17) is 14.4 Å². The second-order valence-electron chi connectivity index (χ2n) is 3.94. The fourth-order valence-corrected chi connectivity index (χ4v) is 1.88. The minimum absolute atomic E-state index is 0.134. The second-order valence-corrected chi connectivity index (χ2v) is 4.85. The molecule has 0 radical (unpaired) electrons. The Kier molecular flexibility index (Phi) is 3.61. The van der Waals surface area contributed by atoms with Gasteiger partial charge in [-0.2, -0.15) is 4.98 Å². The van der Waals surface area contributed by atoms with Crippen molar-refractivity contribution in [3.05, 3.63) is 28.0 Å². The number of aromatic nitrogens is 2. The molecule has 0 aromatic carbocycles.